The van der Waals surface area contributed by atoms with Crippen molar-refractivity contribution in [3.8, 4) is 6.07 Å². The first-order valence-electron chi connectivity index (χ1n) is 6.31. The number of nitriles is 1. The van der Waals surface area contributed by atoms with Crippen molar-refractivity contribution in [1.29, 1.82) is 5.26 Å². The summed E-state index contributed by atoms with van der Waals surface area (Å²) in [6.07, 6.45) is 1.35. The molecule has 1 aromatic heterocycles. The van der Waals surface area contributed by atoms with Gasteiger partial charge in [0.25, 0.3) is 0 Å². The minimum Gasteiger partial charge on any atom is -0.358 e. The van der Waals surface area contributed by atoms with E-state index < -0.39 is 22.0 Å². The monoisotopic (exact) mass is 309 g/mol. The van der Waals surface area contributed by atoms with Gasteiger partial charge in [-0.2, -0.15) is 9.57 Å². The van der Waals surface area contributed by atoms with Crippen LogP contribution in [0, 0.1) is 11.3 Å². The zero-order valence-electron chi connectivity index (χ0n) is 11.4. The molecule has 2 N–H and O–H groups in total. The Balaban J connectivity index is 2.46. The highest BCUT2D eigenvalue weighted by Crippen LogP contribution is 2.21. The maximum Gasteiger partial charge on any atom is 0.246 e. The van der Waals surface area contributed by atoms with Crippen molar-refractivity contribution in [2.24, 2.45) is 0 Å². The molecule has 21 heavy (non-hydrogen) atoms. The predicted molar refractivity (Wildman–Crippen MR) is 73.6 cm³/mol. The number of piperazine rings is 1. The zero-order valence-corrected chi connectivity index (χ0v) is 12.2. The Kier molecular flexibility index (Phi) is 4.52. The summed E-state index contributed by atoms with van der Waals surface area (Å²) in [6, 6.07) is 3.69. The van der Waals surface area contributed by atoms with E-state index in [0.717, 1.165) is 4.31 Å². The van der Waals surface area contributed by atoms with E-state index in [0.29, 0.717) is 6.54 Å². The minimum absolute atomic E-state index is 0.153. The van der Waals surface area contributed by atoms with Gasteiger partial charge in [-0.1, -0.05) is 0 Å². The first-order valence-corrected chi connectivity index (χ1v) is 7.75. The summed E-state index contributed by atoms with van der Waals surface area (Å²) in [5.74, 6) is -0.395. The molecule has 0 bridgehead atoms. The van der Waals surface area contributed by atoms with Gasteiger partial charge in [-0.25, -0.2) is 13.4 Å². The lowest BCUT2D eigenvalue weighted by molar-refractivity contribution is -0.124. The van der Waals surface area contributed by atoms with Crippen LogP contribution in [-0.4, -0.2) is 56.3 Å². The Morgan fingerprint density at radius 3 is 3.05 bits per heavy atom. The third-order valence-electron chi connectivity index (χ3n) is 3.21. The van der Waals surface area contributed by atoms with Crippen LogP contribution in [0.2, 0.25) is 0 Å². The van der Waals surface area contributed by atoms with Gasteiger partial charge in [0.15, 0.2) is 5.69 Å². The second kappa shape index (κ2) is 6.17. The maximum absolute atomic E-state index is 12.7. The molecule has 8 nitrogen and oxygen atoms in total. The molecule has 0 aromatic carbocycles. The summed E-state index contributed by atoms with van der Waals surface area (Å²) in [5.41, 5.74) is -0.174. The number of pyridine rings is 1. The number of nitrogens with zero attached hydrogens (tertiary/aromatic N) is 3. The third kappa shape index (κ3) is 2.87. The first-order chi connectivity index (χ1) is 10.0. The van der Waals surface area contributed by atoms with Crippen LogP contribution in [0.5, 0.6) is 0 Å². The number of likely N-dealkylation sites (N-methyl/N-ethyl adjacent to an activating group) is 1. The van der Waals surface area contributed by atoms with Gasteiger partial charge in [0, 0.05) is 32.9 Å². The molecule has 1 saturated heterocycles. The topological polar surface area (TPSA) is 115 Å². The fourth-order valence-electron chi connectivity index (χ4n) is 2.17. The average molecular weight is 309 g/mol. The number of aromatic nitrogens is 1. The molecule has 2 rings (SSSR count). The molecule has 1 amide bonds. The normalized spacial score (nSPS) is 19.7. The second-order valence-corrected chi connectivity index (χ2v) is 6.27. The number of hydrogen-bond acceptors (Lipinski definition) is 6. The number of hydrogen-bond donors (Lipinski definition) is 2. The second-order valence-electron chi connectivity index (χ2n) is 4.41. The molecule has 1 aromatic rings. The number of rotatable bonds is 3. The van der Waals surface area contributed by atoms with E-state index in [2.05, 4.69) is 15.6 Å². The van der Waals surface area contributed by atoms with Crippen LogP contribution in [0.4, 0.5) is 0 Å². The van der Waals surface area contributed by atoms with Crippen LogP contribution in [0.25, 0.3) is 0 Å². The SMILES string of the molecule is CNC(=O)C1CNCCN1S(=O)(=O)c1cccnc1C#N. The van der Waals surface area contributed by atoms with Crippen LogP contribution in [0.15, 0.2) is 23.2 Å². The Labute approximate surface area is 122 Å². The van der Waals surface area contributed by atoms with Crippen molar-refractivity contribution in [2.45, 2.75) is 10.9 Å². The van der Waals surface area contributed by atoms with Gasteiger partial charge in [-0.05, 0) is 12.1 Å². The fourth-order valence-corrected chi connectivity index (χ4v) is 3.86. The Morgan fingerprint density at radius 2 is 2.38 bits per heavy atom. The summed E-state index contributed by atoms with van der Waals surface area (Å²) in [6.45, 7) is 0.816. The van der Waals surface area contributed by atoms with Crippen molar-refractivity contribution >= 4 is 15.9 Å². The van der Waals surface area contributed by atoms with Crippen molar-refractivity contribution in [3.05, 3.63) is 24.0 Å². The van der Waals surface area contributed by atoms with Crippen LogP contribution < -0.4 is 10.6 Å². The highest BCUT2D eigenvalue weighted by Gasteiger charge is 2.38. The third-order valence-corrected chi connectivity index (χ3v) is 5.15. The van der Waals surface area contributed by atoms with Crippen LogP contribution in [0.3, 0.4) is 0 Å². The van der Waals surface area contributed by atoms with Gasteiger partial charge in [-0.3, -0.25) is 4.79 Å². The first kappa shape index (κ1) is 15.4. The van der Waals surface area contributed by atoms with Gasteiger partial charge < -0.3 is 10.6 Å². The maximum atomic E-state index is 12.7. The average Bonchev–Trinajstić information content (AvgIpc) is 2.54. The molecule has 1 aliphatic rings. The fraction of sp³-hybridized carbons (Fsp3) is 0.417. The molecule has 1 aliphatic heterocycles. The van der Waals surface area contributed by atoms with E-state index in [1.807, 2.05) is 0 Å². The molecule has 0 saturated carbocycles. The van der Waals surface area contributed by atoms with E-state index >= 15 is 0 Å². The molecule has 0 radical (unpaired) electrons. The summed E-state index contributed by atoms with van der Waals surface area (Å²) in [5, 5.41) is 14.5. The summed E-state index contributed by atoms with van der Waals surface area (Å²) >= 11 is 0. The minimum atomic E-state index is -3.96. The molecule has 1 atom stereocenters. The van der Waals surface area contributed by atoms with Gasteiger partial charge in [-0.15, -0.1) is 0 Å². The van der Waals surface area contributed by atoms with Crippen LogP contribution >= 0.6 is 0 Å². The quantitative estimate of drug-likeness (QED) is 0.714. The largest absolute Gasteiger partial charge is 0.358 e. The summed E-state index contributed by atoms with van der Waals surface area (Å²) in [4.78, 5) is 15.5. The molecule has 0 spiro atoms. The van der Waals surface area contributed by atoms with Gasteiger partial charge in [0.1, 0.15) is 17.0 Å². The number of amides is 1. The lowest BCUT2D eigenvalue weighted by Gasteiger charge is -2.33. The molecule has 112 valence electrons. The molecule has 1 unspecified atom stereocenters. The van der Waals surface area contributed by atoms with Crippen LogP contribution in [-0.2, 0) is 14.8 Å². The van der Waals surface area contributed by atoms with E-state index in [-0.39, 0.29) is 23.7 Å². The Bertz CT molecular complexity index is 682. The van der Waals surface area contributed by atoms with E-state index in [4.69, 9.17) is 5.26 Å². The van der Waals surface area contributed by atoms with Gasteiger partial charge >= 0.3 is 0 Å². The molecular weight excluding hydrogens is 294 g/mol. The van der Waals surface area contributed by atoms with Crippen molar-refractivity contribution in [3.63, 3.8) is 0 Å². The van der Waals surface area contributed by atoms with Gasteiger partial charge in [0.05, 0.1) is 0 Å². The number of carbonyl (C=O) groups excluding carboxylic acids is 1. The van der Waals surface area contributed by atoms with Crippen molar-refractivity contribution < 1.29 is 13.2 Å². The number of nitrogens with one attached hydrogen (secondary N) is 2. The van der Waals surface area contributed by atoms with Crippen LogP contribution in [0.1, 0.15) is 5.69 Å². The number of sulfonamides is 1. The number of carbonyl (C=O) groups is 1. The smallest absolute Gasteiger partial charge is 0.246 e. The Hall–Kier alpha value is -2.02. The molecular formula is C12H15N5O3S. The standard InChI is InChI=1S/C12H15N5O3S/c1-14-12(18)10-8-15-5-6-17(10)21(19,20)11-3-2-4-16-9(11)7-13/h2-4,10,15H,5-6,8H2,1H3,(H,14,18). The highest BCUT2D eigenvalue weighted by atomic mass is 32.2. The summed E-state index contributed by atoms with van der Waals surface area (Å²) in [7, 11) is -2.51. The lowest BCUT2D eigenvalue weighted by Crippen LogP contribution is -2.59. The van der Waals surface area contributed by atoms with E-state index in [1.54, 1.807) is 6.07 Å². The zero-order chi connectivity index (χ0) is 15.5. The Morgan fingerprint density at radius 1 is 1.62 bits per heavy atom. The lowest BCUT2D eigenvalue weighted by atomic mass is 10.2. The molecule has 0 aliphatic carbocycles. The van der Waals surface area contributed by atoms with Crippen molar-refractivity contribution in [1.82, 2.24) is 19.9 Å². The molecule has 9 heteroatoms. The molecule has 1 fully saturated rings. The highest BCUT2D eigenvalue weighted by molar-refractivity contribution is 7.89. The van der Waals surface area contributed by atoms with E-state index in [1.165, 1.54) is 25.4 Å². The van der Waals surface area contributed by atoms with Crippen molar-refractivity contribution in [2.75, 3.05) is 26.7 Å². The molecule has 2 heterocycles. The summed E-state index contributed by atoms with van der Waals surface area (Å²) < 4.78 is 26.6. The predicted octanol–water partition coefficient (Wildman–Crippen LogP) is -1.34. The van der Waals surface area contributed by atoms with Gasteiger partial charge in [0.2, 0.25) is 15.9 Å². The van der Waals surface area contributed by atoms with E-state index in [9.17, 15) is 13.2 Å².